The lowest BCUT2D eigenvalue weighted by atomic mass is 10.0. The Hall–Kier alpha value is -1.82. The topological polar surface area (TPSA) is 54.7 Å². The van der Waals surface area contributed by atoms with Gasteiger partial charge in [0.25, 0.3) is 0 Å². The first kappa shape index (κ1) is 14.6. The van der Waals surface area contributed by atoms with Gasteiger partial charge in [-0.15, -0.1) is 0 Å². The fraction of sp³-hybridized carbons (Fsp3) is 0.357. The molecule has 3 nitrogen and oxygen atoms in total. The van der Waals surface area contributed by atoms with Crippen LogP contribution in [0.5, 0.6) is 0 Å². The maximum atomic E-state index is 13.0. The summed E-state index contributed by atoms with van der Waals surface area (Å²) in [6.07, 6.45) is -2.22. The van der Waals surface area contributed by atoms with Gasteiger partial charge < -0.3 is 10.7 Å². The molecule has 20 heavy (non-hydrogen) atoms. The van der Waals surface area contributed by atoms with Crippen LogP contribution in [0.15, 0.2) is 30.5 Å². The van der Waals surface area contributed by atoms with Crippen molar-refractivity contribution in [2.75, 3.05) is 6.54 Å². The van der Waals surface area contributed by atoms with Gasteiger partial charge >= 0.3 is 6.18 Å². The fourth-order valence-electron chi connectivity index (χ4n) is 2.08. The molecule has 2 rings (SSSR count). The number of imidazole rings is 1. The highest BCUT2D eigenvalue weighted by Gasteiger charge is 2.33. The number of hydrogen-bond donors (Lipinski definition) is 2. The lowest BCUT2D eigenvalue weighted by Crippen LogP contribution is -2.07. The third-order valence-corrected chi connectivity index (χ3v) is 3.18. The molecule has 2 aromatic rings. The largest absolute Gasteiger partial charge is 0.417 e. The number of halogens is 3. The quantitative estimate of drug-likeness (QED) is 0.901. The molecule has 3 N–H and O–H groups in total. The third kappa shape index (κ3) is 3.01. The van der Waals surface area contributed by atoms with Crippen molar-refractivity contribution >= 4 is 0 Å². The van der Waals surface area contributed by atoms with E-state index in [9.17, 15) is 13.2 Å². The second-order valence-electron chi connectivity index (χ2n) is 4.70. The van der Waals surface area contributed by atoms with Crippen molar-refractivity contribution in [1.29, 1.82) is 0 Å². The van der Waals surface area contributed by atoms with Gasteiger partial charge in [-0.2, -0.15) is 13.2 Å². The van der Waals surface area contributed by atoms with Crippen LogP contribution in [0.3, 0.4) is 0 Å². The predicted molar refractivity (Wildman–Crippen MR) is 71.1 cm³/mol. The first-order chi connectivity index (χ1) is 9.43. The summed E-state index contributed by atoms with van der Waals surface area (Å²) >= 11 is 0. The molecule has 108 valence electrons. The molecule has 0 aliphatic heterocycles. The molecule has 0 bridgehead atoms. The number of nitrogens with one attached hydrogen (secondary N) is 1. The summed E-state index contributed by atoms with van der Waals surface area (Å²) in [4.78, 5) is 7.12. The number of nitrogens with zero attached hydrogens (tertiary/aromatic N) is 1. The molecule has 0 amide bonds. The van der Waals surface area contributed by atoms with Crippen molar-refractivity contribution in [3.05, 3.63) is 41.9 Å². The van der Waals surface area contributed by atoms with Crippen molar-refractivity contribution in [3.63, 3.8) is 0 Å². The van der Waals surface area contributed by atoms with Crippen LogP contribution in [0.2, 0.25) is 0 Å². The summed E-state index contributed by atoms with van der Waals surface area (Å²) in [5, 5.41) is 0. The Morgan fingerprint density at radius 3 is 2.65 bits per heavy atom. The van der Waals surface area contributed by atoms with Crippen molar-refractivity contribution in [2.45, 2.75) is 25.4 Å². The van der Waals surface area contributed by atoms with Crippen LogP contribution in [0.4, 0.5) is 13.2 Å². The summed E-state index contributed by atoms with van der Waals surface area (Å²) in [5.74, 6) is 0.745. The molecule has 6 heteroatoms. The molecule has 0 radical (unpaired) electrons. The van der Waals surface area contributed by atoms with Crippen LogP contribution in [-0.2, 0) is 6.18 Å². The number of aromatic nitrogens is 2. The van der Waals surface area contributed by atoms with Gasteiger partial charge in [-0.05, 0) is 19.0 Å². The van der Waals surface area contributed by atoms with Gasteiger partial charge in [-0.3, -0.25) is 0 Å². The molecule has 1 aromatic carbocycles. The number of benzene rings is 1. The molecule has 0 spiro atoms. The molecule has 0 fully saturated rings. The minimum atomic E-state index is -4.38. The number of H-pyrrole nitrogens is 1. The summed E-state index contributed by atoms with van der Waals surface area (Å²) in [5.41, 5.74) is 5.29. The summed E-state index contributed by atoms with van der Waals surface area (Å²) in [7, 11) is 0. The highest BCUT2D eigenvalue weighted by atomic mass is 19.4. The second-order valence-corrected chi connectivity index (χ2v) is 4.70. The van der Waals surface area contributed by atoms with Gasteiger partial charge in [-0.25, -0.2) is 4.98 Å². The van der Waals surface area contributed by atoms with Crippen LogP contribution >= 0.6 is 0 Å². The molecule has 1 heterocycles. The van der Waals surface area contributed by atoms with Crippen molar-refractivity contribution in [2.24, 2.45) is 5.73 Å². The van der Waals surface area contributed by atoms with Crippen molar-refractivity contribution in [1.82, 2.24) is 9.97 Å². The smallest absolute Gasteiger partial charge is 0.342 e. The van der Waals surface area contributed by atoms with Crippen LogP contribution < -0.4 is 5.73 Å². The van der Waals surface area contributed by atoms with Gasteiger partial charge in [0, 0.05) is 11.5 Å². The minimum absolute atomic E-state index is 0.0896. The maximum absolute atomic E-state index is 13.0. The Labute approximate surface area is 115 Å². The predicted octanol–water partition coefficient (Wildman–Crippen LogP) is 3.55. The first-order valence-corrected chi connectivity index (χ1v) is 6.35. The van der Waals surface area contributed by atoms with Crippen LogP contribution in [0, 0.1) is 0 Å². The molecule has 0 aliphatic carbocycles. The number of alkyl halides is 3. The standard InChI is InChI=1S/C14H16F3N3/c1-9(6-7-18)13-19-8-12(20-13)10-4-2-3-5-11(10)14(15,16)17/h2-5,8-9H,6-7,18H2,1H3,(H,19,20). The molecule has 0 saturated carbocycles. The van der Waals surface area contributed by atoms with E-state index in [4.69, 9.17) is 5.73 Å². The lowest BCUT2D eigenvalue weighted by Gasteiger charge is -2.11. The first-order valence-electron chi connectivity index (χ1n) is 6.35. The van der Waals surface area contributed by atoms with Gasteiger partial charge in [0.1, 0.15) is 5.82 Å². The van der Waals surface area contributed by atoms with E-state index in [0.29, 0.717) is 18.1 Å². The summed E-state index contributed by atoms with van der Waals surface area (Å²) < 4.78 is 38.9. The van der Waals surface area contributed by atoms with E-state index < -0.39 is 11.7 Å². The number of rotatable bonds is 4. The van der Waals surface area contributed by atoms with Crippen LogP contribution in [-0.4, -0.2) is 16.5 Å². The van der Waals surface area contributed by atoms with E-state index in [1.807, 2.05) is 6.92 Å². The molecule has 0 saturated heterocycles. The number of nitrogens with two attached hydrogens (primary N) is 1. The van der Waals surface area contributed by atoms with Gasteiger partial charge in [0.05, 0.1) is 17.5 Å². The highest BCUT2D eigenvalue weighted by Crippen LogP contribution is 2.36. The van der Waals surface area contributed by atoms with Gasteiger partial charge in [0.15, 0.2) is 0 Å². The average Bonchev–Trinajstić information content (AvgIpc) is 2.87. The third-order valence-electron chi connectivity index (χ3n) is 3.18. The monoisotopic (exact) mass is 283 g/mol. The summed E-state index contributed by atoms with van der Waals surface area (Å²) in [6.45, 7) is 2.45. The minimum Gasteiger partial charge on any atom is -0.342 e. The Kier molecular flexibility index (Phi) is 4.13. The highest BCUT2D eigenvalue weighted by molar-refractivity contribution is 5.64. The molecule has 1 atom stereocenters. The Morgan fingerprint density at radius 2 is 2.00 bits per heavy atom. The van der Waals surface area contributed by atoms with E-state index in [-0.39, 0.29) is 11.5 Å². The van der Waals surface area contributed by atoms with E-state index in [1.54, 1.807) is 6.07 Å². The zero-order valence-corrected chi connectivity index (χ0v) is 11.0. The van der Waals surface area contributed by atoms with Gasteiger partial charge in [0.2, 0.25) is 0 Å². The Bertz CT molecular complexity index is 575. The van der Waals surface area contributed by atoms with Crippen molar-refractivity contribution < 1.29 is 13.2 Å². The SMILES string of the molecule is CC(CCN)c1ncc(-c2ccccc2C(F)(F)F)[nH]1. The molecular weight excluding hydrogens is 267 g/mol. The van der Waals surface area contributed by atoms with Crippen LogP contribution in [0.1, 0.15) is 30.7 Å². The fourth-order valence-corrected chi connectivity index (χ4v) is 2.08. The lowest BCUT2D eigenvalue weighted by molar-refractivity contribution is -0.137. The Balaban J connectivity index is 2.38. The normalized spacial score (nSPS) is 13.4. The molecule has 1 aromatic heterocycles. The zero-order chi connectivity index (χ0) is 14.8. The van der Waals surface area contributed by atoms with Crippen molar-refractivity contribution in [3.8, 4) is 11.3 Å². The van der Waals surface area contributed by atoms with E-state index in [0.717, 1.165) is 12.5 Å². The maximum Gasteiger partial charge on any atom is 0.417 e. The van der Waals surface area contributed by atoms with E-state index in [2.05, 4.69) is 9.97 Å². The zero-order valence-electron chi connectivity index (χ0n) is 11.0. The van der Waals surface area contributed by atoms with E-state index >= 15 is 0 Å². The number of aromatic amines is 1. The number of hydrogen-bond acceptors (Lipinski definition) is 2. The average molecular weight is 283 g/mol. The van der Waals surface area contributed by atoms with E-state index in [1.165, 1.54) is 18.3 Å². The Morgan fingerprint density at radius 1 is 1.30 bits per heavy atom. The second kappa shape index (κ2) is 5.66. The van der Waals surface area contributed by atoms with Crippen LogP contribution in [0.25, 0.3) is 11.3 Å². The molecule has 0 aliphatic rings. The molecular formula is C14H16F3N3. The summed E-state index contributed by atoms with van der Waals surface area (Å²) in [6, 6.07) is 5.46. The molecule has 1 unspecified atom stereocenters. The van der Waals surface area contributed by atoms with Gasteiger partial charge in [-0.1, -0.05) is 25.1 Å².